The first kappa shape index (κ1) is 21.5. The fraction of sp³-hybridized carbons (Fsp3) is 0.238. The van der Waals surface area contributed by atoms with Gasteiger partial charge in [0.05, 0.1) is 6.54 Å². The smallest absolute Gasteiger partial charge is 0.425 e. The van der Waals surface area contributed by atoms with E-state index >= 15 is 0 Å². The predicted octanol–water partition coefficient (Wildman–Crippen LogP) is 3.47. The number of aliphatic hydroxyl groups is 1. The minimum absolute atomic E-state index is 0.0225. The van der Waals surface area contributed by atoms with Gasteiger partial charge >= 0.3 is 12.4 Å². The van der Waals surface area contributed by atoms with Gasteiger partial charge < -0.3 is 24.8 Å². The molecule has 168 valence electrons. The number of nitrogens with one attached hydrogen (secondary N) is 1. The van der Waals surface area contributed by atoms with Crippen molar-refractivity contribution >= 4 is 11.7 Å². The number of anilines is 1. The third-order valence-electron chi connectivity index (χ3n) is 4.73. The van der Waals surface area contributed by atoms with Crippen molar-refractivity contribution in [2.45, 2.75) is 26.2 Å². The maximum absolute atomic E-state index is 12.7. The van der Waals surface area contributed by atoms with Gasteiger partial charge in [-0.3, -0.25) is 9.36 Å². The van der Waals surface area contributed by atoms with Gasteiger partial charge in [-0.15, -0.1) is 13.2 Å². The molecule has 2 N–H and O–H groups in total. The Morgan fingerprint density at radius 2 is 1.84 bits per heavy atom. The summed E-state index contributed by atoms with van der Waals surface area (Å²) in [7, 11) is 0. The highest BCUT2D eigenvalue weighted by Crippen LogP contribution is 2.34. The number of fused-ring (bicyclic) bond motifs is 1. The van der Waals surface area contributed by atoms with Crippen molar-refractivity contribution < 1.29 is 32.5 Å². The number of hydrogen-bond donors (Lipinski definition) is 2. The molecule has 1 aromatic heterocycles. The number of nitrogens with zero attached hydrogens (tertiary/aromatic N) is 3. The Hall–Kier alpha value is -3.73. The number of aromatic nitrogens is 2. The maximum Gasteiger partial charge on any atom is 0.573 e. The first-order valence-corrected chi connectivity index (χ1v) is 9.69. The number of halogens is 3. The number of carbonyl (C=O) groups excluding carboxylic acids is 1. The molecule has 11 heteroatoms. The van der Waals surface area contributed by atoms with Crippen LogP contribution in [0.4, 0.5) is 19.0 Å². The van der Waals surface area contributed by atoms with Crippen LogP contribution in [0.15, 0.2) is 54.6 Å². The molecule has 4 rings (SSSR count). The topological polar surface area (TPSA) is 88.9 Å². The Morgan fingerprint density at radius 3 is 2.53 bits per heavy atom. The minimum Gasteiger partial charge on any atom is -0.425 e. The summed E-state index contributed by atoms with van der Waals surface area (Å²) in [4.78, 5) is 18.5. The van der Waals surface area contributed by atoms with Crippen molar-refractivity contribution in [3.8, 4) is 17.5 Å². The van der Waals surface area contributed by atoms with Crippen LogP contribution >= 0.6 is 0 Å². The number of rotatable bonds is 6. The van der Waals surface area contributed by atoms with Crippen molar-refractivity contribution in [1.29, 1.82) is 0 Å². The first-order chi connectivity index (χ1) is 15.2. The zero-order valence-electron chi connectivity index (χ0n) is 16.8. The van der Waals surface area contributed by atoms with Gasteiger partial charge in [-0.2, -0.15) is 4.98 Å². The van der Waals surface area contributed by atoms with E-state index in [1.807, 2.05) is 30.3 Å². The second kappa shape index (κ2) is 8.42. The first-order valence-electron chi connectivity index (χ1n) is 9.69. The summed E-state index contributed by atoms with van der Waals surface area (Å²) in [5.74, 6) is -0.765. The van der Waals surface area contributed by atoms with Gasteiger partial charge in [0.15, 0.2) is 11.5 Å². The standard InChI is InChI=1S/C21H19F3N4O4/c1-2-27-17-16(18(29)26-19(27)30)28(12-13-7-4-3-5-8-13)20(25-17)31-14-9-6-10-15(11-14)32-21(22,23)24/h3-11,19,30H,2,12H2,1H3,(H,26,29). The van der Waals surface area contributed by atoms with E-state index in [0.717, 1.165) is 17.7 Å². The monoisotopic (exact) mass is 448 g/mol. The molecule has 32 heavy (non-hydrogen) atoms. The lowest BCUT2D eigenvalue weighted by molar-refractivity contribution is -0.274. The number of alkyl halides is 3. The Labute approximate surface area is 180 Å². The van der Waals surface area contributed by atoms with E-state index in [0.29, 0.717) is 6.54 Å². The highest BCUT2D eigenvalue weighted by molar-refractivity contribution is 5.99. The summed E-state index contributed by atoms with van der Waals surface area (Å²) in [5.41, 5.74) is 1.01. The van der Waals surface area contributed by atoms with Crippen LogP contribution in [0.25, 0.3) is 0 Å². The molecule has 1 atom stereocenters. The zero-order valence-corrected chi connectivity index (χ0v) is 16.8. The molecule has 0 saturated heterocycles. The fourth-order valence-electron chi connectivity index (χ4n) is 3.38. The second-order valence-electron chi connectivity index (χ2n) is 6.90. The van der Waals surface area contributed by atoms with Gasteiger partial charge in [-0.1, -0.05) is 36.4 Å². The Morgan fingerprint density at radius 1 is 1.12 bits per heavy atom. The van der Waals surface area contributed by atoms with E-state index in [9.17, 15) is 23.1 Å². The van der Waals surface area contributed by atoms with Crippen LogP contribution in [0, 0.1) is 0 Å². The SMILES string of the molecule is CCN1c2nc(Oc3cccc(OC(F)(F)F)c3)n(Cc3ccccc3)c2C(=O)NC1O. The quantitative estimate of drug-likeness (QED) is 0.601. The fourth-order valence-corrected chi connectivity index (χ4v) is 3.38. The predicted molar refractivity (Wildman–Crippen MR) is 107 cm³/mol. The molecular formula is C21H19F3N4O4. The van der Waals surface area contributed by atoms with Crippen LogP contribution in [0.3, 0.4) is 0 Å². The molecule has 1 aliphatic rings. The number of aliphatic hydroxyl groups excluding tert-OH is 1. The van der Waals surface area contributed by atoms with Crippen molar-refractivity contribution in [2.24, 2.45) is 0 Å². The van der Waals surface area contributed by atoms with Crippen molar-refractivity contribution in [3.05, 3.63) is 65.9 Å². The summed E-state index contributed by atoms with van der Waals surface area (Å²) in [5, 5.41) is 12.6. The van der Waals surface area contributed by atoms with E-state index in [1.165, 1.54) is 21.6 Å². The van der Waals surface area contributed by atoms with E-state index < -0.39 is 24.4 Å². The van der Waals surface area contributed by atoms with Crippen LogP contribution < -0.4 is 19.7 Å². The van der Waals surface area contributed by atoms with Crippen LogP contribution in [0.2, 0.25) is 0 Å². The lowest BCUT2D eigenvalue weighted by Gasteiger charge is -2.31. The Balaban J connectivity index is 1.75. The number of ether oxygens (including phenoxy) is 2. The summed E-state index contributed by atoms with van der Waals surface area (Å²) >= 11 is 0. The molecule has 2 aromatic carbocycles. The van der Waals surface area contributed by atoms with Crippen LogP contribution in [-0.2, 0) is 6.54 Å². The molecule has 0 fully saturated rings. The van der Waals surface area contributed by atoms with Gasteiger partial charge in [0, 0.05) is 12.6 Å². The molecule has 0 spiro atoms. The number of amides is 1. The highest BCUT2D eigenvalue weighted by atomic mass is 19.4. The molecule has 1 aliphatic heterocycles. The molecule has 2 heterocycles. The van der Waals surface area contributed by atoms with Crippen molar-refractivity contribution in [1.82, 2.24) is 14.9 Å². The molecule has 3 aromatic rings. The van der Waals surface area contributed by atoms with Crippen molar-refractivity contribution in [3.63, 3.8) is 0 Å². The van der Waals surface area contributed by atoms with E-state index in [2.05, 4.69) is 15.0 Å². The van der Waals surface area contributed by atoms with Gasteiger partial charge in [0.2, 0.25) is 6.35 Å². The highest BCUT2D eigenvalue weighted by Gasteiger charge is 2.36. The second-order valence-corrected chi connectivity index (χ2v) is 6.90. The summed E-state index contributed by atoms with van der Waals surface area (Å²) in [6.45, 7) is 2.32. The number of carbonyl (C=O) groups is 1. The average molecular weight is 448 g/mol. The van der Waals surface area contributed by atoms with Crippen LogP contribution in [-0.4, -0.2) is 39.8 Å². The van der Waals surface area contributed by atoms with Gasteiger partial charge in [0.25, 0.3) is 5.91 Å². The average Bonchev–Trinajstić information content (AvgIpc) is 3.06. The van der Waals surface area contributed by atoms with Gasteiger partial charge in [-0.05, 0) is 24.6 Å². The molecular weight excluding hydrogens is 429 g/mol. The largest absolute Gasteiger partial charge is 0.573 e. The summed E-state index contributed by atoms with van der Waals surface area (Å²) in [6.07, 6.45) is -6.12. The lowest BCUT2D eigenvalue weighted by atomic mass is 10.2. The molecule has 0 aliphatic carbocycles. The zero-order chi connectivity index (χ0) is 22.9. The molecule has 1 unspecified atom stereocenters. The summed E-state index contributed by atoms with van der Waals surface area (Å²) in [6, 6.07) is 14.2. The third-order valence-corrected chi connectivity index (χ3v) is 4.73. The number of imidazole rings is 1. The van der Waals surface area contributed by atoms with Crippen molar-refractivity contribution in [2.75, 3.05) is 11.4 Å². The summed E-state index contributed by atoms with van der Waals surface area (Å²) < 4.78 is 48.9. The normalized spacial score (nSPS) is 15.8. The Bertz CT molecular complexity index is 1120. The molecule has 1 amide bonds. The van der Waals surface area contributed by atoms with Crippen LogP contribution in [0.5, 0.6) is 17.5 Å². The van der Waals surface area contributed by atoms with E-state index in [4.69, 9.17) is 4.74 Å². The molecule has 0 bridgehead atoms. The number of hydrogen-bond acceptors (Lipinski definition) is 6. The molecule has 8 nitrogen and oxygen atoms in total. The minimum atomic E-state index is -4.85. The Kier molecular flexibility index (Phi) is 5.66. The lowest BCUT2D eigenvalue weighted by Crippen LogP contribution is -2.53. The number of benzene rings is 2. The maximum atomic E-state index is 12.7. The van der Waals surface area contributed by atoms with Gasteiger partial charge in [0.1, 0.15) is 11.5 Å². The van der Waals surface area contributed by atoms with E-state index in [1.54, 1.807) is 6.92 Å². The molecule has 0 radical (unpaired) electrons. The molecule has 0 saturated carbocycles. The van der Waals surface area contributed by atoms with E-state index in [-0.39, 0.29) is 29.8 Å². The van der Waals surface area contributed by atoms with Crippen LogP contribution in [0.1, 0.15) is 23.0 Å². The van der Waals surface area contributed by atoms with Gasteiger partial charge in [-0.25, -0.2) is 0 Å². The third kappa shape index (κ3) is 4.47.